The molecule has 1 amide bonds. The van der Waals surface area contributed by atoms with Gasteiger partial charge >= 0.3 is 0 Å². The van der Waals surface area contributed by atoms with E-state index >= 15 is 0 Å². The first-order valence-corrected chi connectivity index (χ1v) is 7.90. The van der Waals surface area contributed by atoms with Crippen molar-refractivity contribution in [1.82, 2.24) is 10.6 Å². The lowest BCUT2D eigenvalue weighted by molar-refractivity contribution is -0.122. The molecule has 2 bridgehead atoms. The van der Waals surface area contributed by atoms with Crippen molar-refractivity contribution in [2.45, 2.75) is 88.6 Å². The highest BCUT2D eigenvalue weighted by Crippen LogP contribution is 2.27. The van der Waals surface area contributed by atoms with Crippen LogP contribution < -0.4 is 10.6 Å². The number of halogens is 1. The largest absolute Gasteiger partial charge is 0.375 e. The van der Waals surface area contributed by atoms with E-state index in [2.05, 4.69) is 17.6 Å². The first kappa shape index (κ1) is 16.1. The third-order valence-electron chi connectivity index (χ3n) is 4.85. The Kier molecular flexibility index (Phi) is 5.70. The maximum atomic E-state index is 12.0. The molecular weight excluding hydrogens is 276 g/mol. The van der Waals surface area contributed by atoms with E-state index in [1.54, 1.807) is 0 Å². The summed E-state index contributed by atoms with van der Waals surface area (Å²) >= 11 is 0. The second-order valence-corrected chi connectivity index (χ2v) is 6.56. The molecule has 0 aromatic heterocycles. The molecule has 0 saturated carbocycles. The van der Waals surface area contributed by atoms with Crippen LogP contribution in [-0.4, -0.2) is 36.2 Å². The quantitative estimate of drug-likeness (QED) is 0.837. The number of fused-ring (bicyclic) bond motifs is 2. The van der Waals surface area contributed by atoms with Gasteiger partial charge in [0.05, 0.1) is 12.2 Å². The second kappa shape index (κ2) is 7.10. The number of hydrogen-bond acceptors (Lipinski definition) is 3. The zero-order valence-corrected chi connectivity index (χ0v) is 13.1. The second-order valence-electron chi connectivity index (χ2n) is 6.56. The lowest BCUT2D eigenvalue weighted by Gasteiger charge is -2.29. The Morgan fingerprint density at radius 2 is 1.90 bits per heavy atom. The van der Waals surface area contributed by atoms with E-state index in [0.717, 1.165) is 32.1 Å². The average molecular weight is 303 g/mol. The highest BCUT2D eigenvalue weighted by Gasteiger charge is 2.34. The normalized spacial score (nSPS) is 39.4. The van der Waals surface area contributed by atoms with Gasteiger partial charge in [0.1, 0.15) is 0 Å². The van der Waals surface area contributed by atoms with Crippen LogP contribution in [0.15, 0.2) is 0 Å². The van der Waals surface area contributed by atoms with Crippen LogP contribution in [-0.2, 0) is 9.53 Å². The Morgan fingerprint density at radius 1 is 1.20 bits per heavy atom. The van der Waals surface area contributed by atoms with Crippen LogP contribution in [0.25, 0.3) is 0 Å². The Hall–Kier alpha value is -0.320. The first-order valence-electron chi connectivity index (χ1n) is 7.90. The smallest absolute Gasteiger partial charge is 0.220 e. The van der Waals surface area contributed by atoms with Gasteiger partial charge in [-0.15, -0.1) is 12.4 Å². The molecule has 0 aromatic rings. The van der Waals surface area contributed by atoms with E-state index in [4.69, 9.17) is 4.74 Å². The summed E-state index contributed by atoms with van der Waals surface area (Å²) in [6.07, 6.45) is 9.24. The maximum absolute atomic E-state index is 12.0. The summed E-state index contributed by atoms with van der Waals surface area (Å²) in [5.74, 6) is 0.217. The molecule has 3 saturated heterocycles. The number of rotatable bonds is 4. The summed E-state index contributed by atoms with van der Waals surface area (Å²) in [6.45, 7) is 2.12. The number of piperidine rings is 1. The molecule has 0 aromatic carbocycles. The molecule has 20 heavy (non-hydrogen) atoms. The number of ether oxygens (including phenoxy) is 1. The van der Waals surface area contributed by atoms with Gasteiger partial charge in [-0.05, 0) is 51.9 Å². The minimum Gasteiger partial charge on any atom is -0.375 e. The lowest BCUT2D eigenvalue weighted by atomic mass is 9.99. The van der Waals surface area contributed by atoms with Crippen LogP contribution in [0.1, 0.15) is 58.3 Å². The molecule has 0 aliphatic carbocycles. The maximum Gasteiger partial charge on any atom is 0.220 e. The number of carbonyl (C=O) groups excluding carboxylic acids is 1. The number of amides is 1. The average Bonchev–Trinajstić information content (AvgIpc) is 2.93. The van der Waals surface area contributed by atoms with Crippen LogP contribution in [0.4, 0.5) is 0 Å². The molecule has 4 atom stereocenters. The molecule has 3 heterocycles. The predicted octanol–water partition coefficient (Wildman–Crippen LogP) is 2.16. The standard InChI is InChI=1S/C15H26N2O2.ClH/c1-10-2-5-14(19-10)6-7-15(18)17-13-8-11-3-4-12(9-13)16-11;/h10-14,16H,2-9H2,1H3,(H,17,18);1H. The highest BCUT2D eigenvalue weighted by atomic mass is 35.5. The lowest BCUT2D eigenvalue weighted by Crippen LogP contribution is -2.48. The van der Waals surface area contributed by atoms with E-state index in [1.165, 1.54) is 12.8 Å². The van der Waals surface area contributed by atoms with Crippen molar-refractivity contribution < 1.29 is 9.53 Å². The van der Waals surface area contributed by atoms with Crippen molar-refractivity contribution >= 4 is 18.3 Å². The third-order valence-corrected chi connectivity index (χ3v) is 4.85. The number of carbonyl (C=O) groups is 1. The van der Waals surface area contributed by atoms with Gasteiger partial charge < -0.3 is 15.4 Å². The molecular formula is C15H27ClN2O2. The highest BCUT2D eigenvalue weighted by molar-refractivity contribution is 5.85. The van der Waals surface area contributed by atoms with Gasteiger partial charge in [0.2, 0.25) is 5.91 Å². The summed E-state index contributed by atoms with van der Waals surface area (Å²) in [5.41, 5.74) is 0. The molecule has 3 aliphatic heterocycles. The molecule has 4 nitrogen and oxygen atoms in total. The number of nitrogens with one attached hydrogen (secondary N) is 2. The van der Waals surface area contributed by atoms with Crippen LogP contribution in [0.5, 0.6) is 0 Å². The Balaban J connectivity index is 0.00000147. The van der Waals surface area contributed by atoms with E-state index in [-0.39, 0.29) is 18.3 Å². The third kappa shape index (κ3) is 4.09. The van der Waals surface area contributed by atoms with Gasteiger partial charge in [-0.2, -0.15) is 0 Å². The summed E-state index contributed by atoms with van der Waals surface area (Å²) in [7, 11) is 0. The van der Waals surface area contributed by atoms with Gasteiger partial charge in [-0.1, -0.05) is 0 Å². The molecule has 116 valence electrons. The number of hydrogen-bond donors (Lipinski definition) is 2. The Labute approximate surface area is 127 Å². The summed E-state index contributed by atoms with van der Waals surface area (Å²) < 4.78 is 5.76. The van der Waals surface area contributed by atoms with E-state index in [1.807, 2.05) is 0 Å². The van der Waals surface area contributed by atoms with Crippen LogP contribution in [0.2, 0.25) is 0 Å². The topological polar surface area (TPSA) is 50.4 Å². The van der Waals surface area contributed by atoms with E-state index in [0.29, 0.717) is 36.8 Å². The molecule has 3 fully saturated rings. The van der Waals surface area contributed by atoms with Gasteiger partial charge in [0.25, 0.3) is 0 Å². The summed E-state index contributed by atoms with van der Waals surface area (Å²) in [5, 5.41) is 6.82. The van der Waals surface area contributed by atoms with E-state index in [9.17, 15) is 4.79 Å². The zero-order valence-electron chi connectivity index (χ0n) is 12.3. The Bertz CT molecular complexity index is 328. The minimum absolute atomic E-state index is 0. The SMILES string of the molecule is CC1CCC(CCC(=O)NC2CC3CCC(C2)N3)O1.Cl. The molecule has 5 heteroatoms. The summed E-state index contributed by atoms with van der Waals surface area (Å²) in [6, 6.07) is 1.68. The van der Waals surface area contributed by atoms with Gasteiger partial charge in [-0.25, -0.2) is 0 Å². The summed E-state index contributed by atoms with van der Waals surface area (Å²) in [4.78, 5) is 12.0. The van der Waals surface area contributed by atoms with Crippen molar-refractivity contribution in [3.63, 3.8) is 0 Å². The predicted molar refractivity (Wildman–Crippen MR) is 81.2 cm³/mol. The van der Waals surface area contributed by atoms with Crippen LogP contribution in [0, 0.1) is 0 Å². The van der Waals surface area contributed by atoms with Crippen molar-refractivity contribution in [2.75, 3.05) is 0 Å². The fourth-order valence-corrected chi connectivity index (χ4v) is 3.86. The molecule has 0 spiro atoms. The van der Waals surface area contributed by atoms with Gasteiger partial charge in [0, 0.05) is 24.5 Å². The monoisotopic (exact) mass is 302 g/mol. The van der Waals surface area contributed by atoms with Crippen molar-refractivity contribution in [3.8, 4) is 0 Å². The van der Waals surface area contributed by atoms with Gasteiger partial charge in [-0.3, -0.25) is 4.79 Å². The molecule has 2 N–H and O–H groups in total. The zero-order chi connectivity index (χ0) is 13.2. The van der Waals surface area contributed by atoms with Crippen molar-refractivity contribution in [2.24, 2.45) is 0 Å². The van der Waals surface area contributed by atoms with Crippen molar-refractivity contribution in [3.05, 3.63) is 0 Å². The van der Waals surface area contributed by atoms with Crippen molar-refractivity contribution in [1.29, 1.82) is 0 Å². The van der Waals surface area contributed by atoms with E-state index < -0.39 is 0 Å². The van der Waals surface area contributed by atoms with Crippen LogP contribution >= 0.6 is 12.4 Å². The molecule has 3 aliphatic rings. The Morgan fingerprint density at radius 3 is 2.50 bits per heavy atom. The first-order chi connectivity index (χ1) is 9.19. The minimum atomic E-state index is 0. The fourth-order valence-electron chi connectivity index (χ4n) is 3.86. The molecule has 4 unspecified atom stereocenters. The fraction of sp³-hybridized carbons (Fsp3) is 0.933. The van der Waals surface area contributed by atoms with Gasteiger partial charge in [0.15, 0.2) is 0 Å². The van der Waals surface area contributed by atoms with Crippen LogP contribution in [0.3, 0.4) is 0 Å². The molecule has 0 radical (unpaired) electrons. The molecule has 3 rings (SSSR count).